The van der Waals surface area contributed by atoms with Gasteiger partial charge in [-0.05, 0) is 24.3 Å². The molecular weight excluding hydrogens is 284 g/mol. The van der Waals surface area contributed by atoms with Crippen LogP contribution in [0.15, 0.2) is 30.5 Å². The first kappa shape index (κ1) is 14.0. The Labute approximate surface area is 119 Å². The number of halogens is 1. The van der Waals surface area contributed by atoms with Crippen molar-refractivity contribution in [2.75, 3.05) is 6.54 Å². The van der Waals surface area contributed by atoms with E-state index in [1.165, 1.54) is 10.9 Å². The van der Waals surface area contributed by atoms with Crippen molar-refractivity contribution in [1.29, 1.82) is 0 Å². The van der Waals surface area contributed by atoms with Crippen molar-refractivity contribution < 1.29 is 14.7 Å². The van der Waals surface area contributed by atoms with Crippen molar-refractivity contribution in [2.24, 2.45) is 0 Å². The summed E-state index contributed by atoms with van der Waals surface area (Å²) in [6, 6.07) is 6.51. The molecule has 1 amide bonds. The minimum atomic E-state index is -1.14. The van der Waals surface area contributed by atoms with E-state index in [4.69, 9.17) is 16.7 Å². The van der Waals surface area contributed by atoms with Crippen LogP contribution in [-0.4, -0.2) is 38.5 Å². The number of amides is 1. The molecule has 0 aliphatic carbocycles. The number of benzene rings is 1. The fourth-order valence-electron chi connectivity index (χ4n) is 1.49. The molecule has 2 N–H and O–H groups in total. The van der Waals surface area contributed by atoms with E-state index in [0.717, 1.165) is 0 Å². The third-order valence-corrected chi connectivity index (χ3v) is 2.74. The summed E-state index contributed by atoms with van der Waals surface area (Å²) in [5.41, 5.74) is 0.369. The molecule has 0 aliphatic heterocycles. The molecule has 0 fully saturated rings. The number of carbonyl (C=O) groups excluding carboxylic acids is 1. The van der Waals surface area contributed by atoms with Crippen molar-refractivity contribution >= 4 is 23.5 Å². The van der Waals surface area contributed by atoms with Gasteiger partial charge in [0.05, 0.1) is 12.7 Å². The molecule has 2 rings (SSSR count). The lowest BCUT2D eigenvalue weighted by Gasteiger charge is -2.05. The zero-order valence-electron chi connectivity index (χ0n) is 10.3. The third-order valence-electron chi connectivity index (χ3n) is 2.49. The summed E-state index contributed by atoms with van der Waals surface area (Å²) in [5.74, 6) is -1.37. The van der Waals surface area contributed by atoms with Crippen LogP contribution in [0.4, 0.5) is 0 Å². The van der Waals surface area contributed by atoms with Crippen molar-refractivity contribution in [3.8, 4) is 0 Å². The Morgan fingerprint density at radius 2 is 2.00 bits per heavy atom. The second kappa shape index (κ2) is 6.16. The lowest BCUT2D eigenvalue weighted by Crippen LogP contribution is -2.27. The van der Waals surface area contributed by atoms with Crippen molar-refractivity contribution in [2.45, 2.75) is 6.54 Å². The molecular formula is C12H11ClN4O3. The topological polar surface area (TPSA) is 97.1 Å². The van der Waals surface area contributed by atoms with Crippen molar-refractivity contribution in [1.82, 2.24) is 20.3 Å². The van der Waals surface area contributed by atoms with Crippen LogP contribution < -0.4 is 5.32 Å². The number of nitrogens with one attached hydrogen (secondary N) is 1. The van der Waals surface area contributed by atoms with E-state index in [-0.39, 0.29) is 11.6 Å². The van der Waals surface area contributed by atoms with E-state index in [1.54, 1.807) is 24.3 Å². The molecule has 0 spiro atoms. The average Bonchev–Trinajstić information content (AvgIpc) is 2.88. The molecule has 8 heteroatoms. The van der Waals surface area contributed by atoms with Crippen LogP contribution in [-0.2, 0) is 6.54 Å². The predicted molar refractivity (Wildman–Crippen MR) is 70.8 cm³/mol. The van der Waals surface area contributed by atoms with E-state index in [2.05, 4.69) is 15.6 Å². The van der Waals surface area contributed by atoms with Crippen LogP contribution in [0.2, 0.25) is 5.02 Å². The standard InChI is InChI=1S/C12H11ClN4O3/c13-9-3-1-8(2-4-9)11(18)14-5-6-17-7-10(12(19)20)15-16-17/h1-4,7H,5-6H2,(H,14,18)(H,19,20). The van der Waals surface area contributed by atoms with Crippen LogP contribution in [0.25, 0.3) is 0 Å². The minimum absolute atomic E-state index is 0.131. The number of aromatic carboxylic acids is 1. The second-order valence-corrected chi connectivity index (χ2v) is 4.37. The van der Waals surface area contributed by atoms with Gasteiger partial charge in [0.15, 0.2) is 5.69 Å². The Hall–Kier alpha value is -2.41. The number of hydrogen-bond donors (Lipinski definition) is 2. The summed E-state index contributed by atoms with van der Waals surface area (Å²) in [4.78, 5) is 22.4. The molecule has 1 aromatic heterocycles. The van der Waals surface area contributed by atoms with E-state index in [9.17, 15) is 9.59 Å². The SMILES string of the molecule is O=C(NCCn1cc(C(=O)O)nn1)c1ccc(Cl)cc1. The monoisotopic (exact) mass is 294 g/mol. The number of nitrogens with zero attached hydrogens (tertiary/aromatic N) is 3. The van der Waals surface area contributed by atoms with E-state index >= 15 is 0 Å². The maximum absolute atomic E-state index is 11.8. The molecule has 0 unspecified atom stereocenters. The average molecular weight is 295 g/mol. The molecule has 104 valence electrons. The van der Waals surface area contributed by atoms with Gasteiger partial charge in [-0.1, -0.05) is 16.8 Å². The molecule has 0 aliphatic rings. The first-order valence-electron chi connectivity index (χ1n) is 5.73. The molecule has 7 nitrogen and oxygen atoms in total. The van der Waals surface area contributed by atoms with Gasteiger partial charge < -0.3 is 10.4 Å². The van der Waals surface area contributed by atoms with E-state index in [1.807, 2.05) is 0 Å². The maximum Gasteiger partial charge on any atom is 0.358 e. The summed E-state index contributed by atoms with van der Waals surface area (Å²) in [6.45, 7) is 0.642. The molecule has 0 saturated carbocycles. The lowest BCUT2D eigenvalue weighted by molar-refractivity contribution is 0.0690. The normalized spacial score (nSPS) is 10.2. The number of rotatable bonds is 5. The zero-order valence-corrected chi connectivity index (χ0v) is 11.0. The highest BCUT2D eigenvalue weighted by Gasteiger charge is 2.08. The van der Waals surface area contributed by atoms with Gasteiger partial charge in [-0.2, -0.15) is 0 Å². The van der Waals surface area contributed by atoms with Gasteiger partial charge in [0.1, 0.15) is 0 Å². The largest absolute Gasteiger partial charge is 0.476 e. The highest BCUT2D eigenvalue weighted by atomic mass is 35.5. The van der Waals surface area contributed by atoms with Crippen molar-refractivity contribution in [3.63, 3.8) is 0 Å². The Morgan fingerprint density at radius 3 is 2.60 bits per heavy atom. The molecule has 1 aromatic carbocycles. The van der Waals surface area contributed by atoms with Gasteiger partial charge in [0.2, 0.25) is 0 Å². The van der Waals surface area contributed by atoms with Crippen LogP contribution in [0.1, 0.15) is 20.8 Å². The maximum atomic E-state index is 11.8. The second-order valence-electron chi connectivity index (χ2n) is 3.93. The molecule has 0 atom stereocenters. The fourth-order valence-corrected chi connectivity index (χ4v) is 1.62. The number of aromatic nitrogens is 3. The van der Waals surface area contributed by atoms with Crippen LogP contribution in [0, 0.1) is 0 Å². The molecule has 2 aromatic rings. The van der Waals surface area contributed by atoms with E-state index < -0.39 is 5.97 Å². The highest BCUT2D eigenvalue weighted by Crippen LogP contribution is 2.09. The van der Waals surface area contributed by atoms with Gasteiger partial charge in [0.25, 0.3) is 5.91 Å². The summed E-state index contributed by atoms with van der Waals surface area (Å²) in [6.07, 6.45) is 1.30. The van der Waals surface area contributed by atoms with E-state index in [0.29, 0.717) is 23.7 Å². The van der Waals surface area contributed by atoms with Crippen LogP contribution >= 0.6 is 11.6 Å². The minimum Gasteiger partial charge on any atom is -0.476 e. The van der Waals surface area contributed by atoms with Crippen LogP contribution in [0.3, 0.4) is 0 Å². The lowest BCUT2D eigenvalue weighted by atomic mass is 10.2. The Morgan fingerprint density at radius 1 is 1.30 bits per heavy atom. The Balaban J connectivity index is 1.84. The van der Waals surface area contributed by atoms with Gasteiger partial charge in [0, 0.05) is 17.1 Å². The number of carboxylic acids is 1. The summed E-state index contributed by atoms with van der Waals surface area (Å²) >= 11 is 5.73. The zero-order chi connectivity index (χ0) is 14.5. The number of carbonyl (C=O) groups is 2. The van der Waals surface area contributed by atoms with Gasteiger partial charge in [-0.3, -0.25) is 4.79 Å². The molecule has 1 heterocycles. The fraction of sp³-hybridized carbons (Fsp3) is 0.167. The van der Waals surface area contributed by atoms with Gasteiger partial charge >= 0.3 is 5.97 Å². The Kier molecular flexibility index (Phi) is 4.31. The van der Waals surface area contributed by atoms with Gasteiger partial charge in [-0.25, -0.2) is 9.48 Å². The Bertz CT molecular complexity index is 624. The molecule has 0 saturated heterocycles. The first-order chi connectivity index (χ1) is 9.56. The quantitative estimate of drug-likeness (QED) is 0.859. The summed E-state index contributed by atoms with van der Waals surface area (Å²) in [7, 11) is 0. The highest BCUT2D eigenvalue weighted by molar-refractivity contribution is 6.30. The summed E-state index contributed by atoms with van der Waals surface area (Å²) in [5, 5.41) is 19.0. The molecule has 0 radical (unpaired) electrons. The third kappa shape index (κ3) is 3.55. The van der Waals surface area contributed by atoms with Crippen molar-refractivity contribution in [3.05, 3.63) is 46.7 Å². The number of carboxylic acid groups (broad SMARTS) is 1. The summed E-state index contributed by atoms with van der Waals surface area (Å²) < 4.78 is 1.35. The molecule has 0 bridgehead atoms. The number of hydrogen-bond acceptors (Lipinski definition) is 4. The van der Waals surface area contributed by atoms with Gasteiger partial charge in [-0.15, -0.1) is 5.10 Å². The first-order valence-corrected chi connectivity index (χ1v) is 6.11. The molecule has 20 heavy (non-hydrogen) atoms. The predicted octanol–water partition coefficient (Wildman–Crippen LogP) is 1.06. The smallest absolute Gasteiger partial charge is 0.358 e. The van der Waals surface area contributed by atoms with Crippen LogP contribution in [0.5, 0.6) is 0 Å².